The summed E-state index contributed by atoms with van der Waals surface area (Å²) >= 11 is 0. The zero-order valence-electron chi connectivity index (χ0n) is 15.9. The number of piperidine rings is 1. The minimum absolute atomic E-state index is 0.0966. The molecule has 0 radical (unpaired) electrons. The van der Waals surface area contributed by atoms with Crippen molar-refractivity contribution in [1.29, 1.82) is 0 Å². The molecule has 1 unspecified atom stereocenters. The first-order valence-electron chi connectivity index (χ1n) is 9.95. The molecule has 0 spiro atoms. The second kappa shape index (κ2) is 8.05. The second-order valence-corrected chi connectivity index (χ2v) is 9.64. The zero-order chi connectivity index (χ0) is 19.6. The Balaban J connectivity index is 1.49. The summed E-state index contributed by atoms with van der Waals surface area (Å²) in [5.41, 5.74) is 1.12. The van der Waals surface area contributed by atoms with Crippen molar-refractivity contribution in [2.75, 3.05) is 13.1 Å². The highest BCUT2D eigenvalue weighted by molar-refractivity contribution is 7.89. The molecule has 6 heteroatoms. The highest BCUT2D eigenvalue weighted by Crippen LogP contribution is 2.32. The van der Waals surface area contributed by atoms with Crippen molar-refractivity contribution in [1.82, 2.24) is 9.21 Å². The molecule has 1 aliphatic heterocycles. The quantitative estimate of drug-likeness (QED) is 0.750. The maximum Gasteiger partial charge on any atom is 0.243 e. The minimum atomic E-state index is -3.56. The van der Waals surface area contributed by atoms with Gasteiger partial charge in [0, 0.05) is 25.7 Å². The van der Waals surface area contributed by atoms with Crippen LogP contribution in [0.1, 0.15) is 31.2 Å². The molecule has 0 bridgehead atoms. The van der Waals surface area contributed by atoms with Gasteiger partial charge in [-0.2, -0.15) is 4.31 Å². The van der Waals surface area contributed by atoms with Gasteiger partial charge in [0.05, 0.1) is 10.8 Å². The molecule has 1 aliphatic carbocycles. The van der Waals surface area contributed by atoms with E-state index in [0.717, 1.165) is 24.8 Å². The van der Waals surface area contributed by atoms with E-state index in [4.69, 9.17) is 0 Å². The molecule has 1 atom stereocenters. The molecule has 4 rings (SSSR count). The molecule has 148 valence electrons. The van der Waals surface area contributed by atoms with Crippen LogP contribution in [0, 0.1) is 5.92 Å². The van der Waals surface area contributed by atoms with E-state index in [9.17, 15) is 13.2 Å². The lowest BCUT2D eigenvalue weighted by Gasteiger charge is -2.34. The highest BCUT2D eigenvalue weighted by atomic mass is 32.2. The highest BCUT2D eigenvalue weighted by Gasteiger charge is 2.39. The molecule has 2 aromatic rings. The van der Waals surface area contributed by atoms with Crippen LogP contribution in [0.3, 0.4) is 0 Å². The van der Waals surface area contributed by atoms with Crippen molar-refractivity contribution >= 4 is 15.9 Å². The van der Waals surface area contributed by atoms with Crippen LogP contribution in [0.4, 0.5) is 0 Å². The molecule has 1 heterocycles. The maximum absolute atomic E-state index is 13.3. The molecule has 2 fully saturated rings. The number of nitrogens with zero attached hydrogens (tertiary/aromatic N) is 2. The standard InChI is InChI=1S/C22H26N2O3S/c25-22(24(20-13-14-20)16-18-8-3-1-4-9-18)19-10-7-15-23(17-19)28(26,27)21-11-5-2-6-12-21/h1-6,8-9,11-12,19-20H,7,10,13-17H2. The van der Waals surface area contributed by atoms with Crippen LogP contribution < -0.4 is 0 Å². The molecule has 1 saturated heterocycles. The SMILES string of the molecule is O=C(C1CCCN(S(=O)(=O)c2ccccc2)C1)N(Cc1ccccc1)C1CC1. The first-order valence-corrected chi connectivity index (χ1v) is 11.4. The fourth-order valence-corrected chi connectivity index (χ4v) is 5.44. The third-order valence-electron chi connectivity index (χ3n) is 5.58. The van der Waals surface area contributed by atoms with Gasteiger partial charge in [-0.3, -0.25) is 4.79 Å². The van der Waals surface area contributed by atoms with E-state index in [2.05, 4.69) is 0 Å². The Morgan fingerprint density at radius 2 is 1.61 bits per heavy atom. The third-order valence-corrected chi connectivity index (χ3v) is 7.46. The van der Waals surface area contributed by atoms with E-state index in [1.165, 1.54) is 4.31 Å². The normalized spacial score (nSPS) is 20.6. The molecule has 2 aliphatic rings. The second-order valence-electron chi connectivity index (χ2n) is 7.70. The van der Waals surface area contributed by atoms with E-state index in [-0.39, 0.29) is 18.4 Å². The topological polar surface area (TPSA) is 57.7 Å². The van der Waals surface area contributed by atoms with Gasteiger partial charge in [0.2, 0.25) is 15.9 Å². The van der Waals surface area contributed by atoms with E-state index in [0.29, 0.717) is 30.4 Å². The summed E-state index contributed by atoms with van der Waals surface area (Å²) in [5, 5.41) is 0. The summed E-state index contributed by atoms with van der Waals surface area (Å²) < 4.78 is 27.4. The average Bonchev–Trinajstić information content (AvgIpc) is 3.58. The molecule has 2 aromatic carbocycles. The molecular weight excluding hydrogens is 372 g/mol. The molecule has 5 nitrogen and oxygen atoms in total. The number of hydrogen-bond acceptors (Lipinski definition) is 3. The van der Waals surface area contributed by atoms with E-state index in [1.54, 1.807) is 30.3 Å². The molecule has 0 aromatic heterocycles. The summed E-state index contributed by atoms with van der Waals surface area (Å²) in [6, 6.07) is 18.8. The molecular formula is C22H26N2O3S. The fourth-order valence-electron chi connectivity index (χ4n) is 3.89. The Bertz CT molecular complexity index is 911. The minimum Gasteiger partial charge on any atom is -0.335 e. The van der Waals surface area contributed by atoms with Gasteiger partial charge < -0.3 is 4.90 Å². The fraction of sp³-hybridized carbons (Fsp3) is 0.409. The third kappa shape index (κ3) is 4.13. The lowest BCUT2D eigenvalue weighted by Crippen LogP contribution is -2.47. The van der Waals surface area contributed by atoms with Crippen molar-refractivity contribution in [2.24, 2.45) is 5.92 Å². The Morgan fingerprint density at radius 3 is 2.25 bits per heavy atom. The Labute approximate surface area is 167 Å². The van der Waals surface area contributed by atoms with Gasteiger partial charge in [0.25, 0.3) is 0 Å². The largest absolute Gasteiger partial charge is 0.335 e. The van der Waals surface area contributed by atoms with Crippen molar-refractivity contribution in [3.8, 4) is 0 Å². The van der Waals surface area contributed by atoms with Gasteiger partial charge in [-0.25, -0.2) is 8.42 Å². The van der Waals surface area contributed by atoms with Crippen LogP contribution >= 0.6 is 0 Å². The lowest BCUT2D eigenvalue weighted by molar-refractivity contribution is -0.138. The zero-order valence-corrected chi connectivity index (χ0v) is 16.7. The summed E-state index contributed by atoms with van der Waals surface area (Å²) in [7, 11) is -3.56. The summed E-state index contributed by atoms with van der Waals surface area (Å²) in [6.07, 6.45) is 3.54. The molecule has 1 saturated carbocycles. The van der Waals surface area contributed by atoms with Crippen LogP contribution in [-0.2, 0) is 21.4 Å². The van der Waals surface area contributed by atoms with Crippen molar-refractivity contribution in [3.63, 3.8) is 0 Å². The van der Waals surface area contributed by atoms with E-state index >= 15 is 0 Å². The first-order chi connectivity index (χ1) is 13.6. The number of rotatable bonds is 6. The number of benzene rings is 2. The number of amides is 1. The van der Waals surface area contributed by atoms with Crippen LogP contribution in [0.25, 0.3) is 0 Å². The van der Waals surface area contributed by atoms with Crippen molar-refractivity contribution in [3.05, 3.63) is 66.2 Å². The average molecular weight is 399 g/mol. The Kier molecular flexibility index (Phi) is 5.51. The van der Waals surface area contributed by atoms with Gasteiger partial charge in [-0.15, -0.1) is 0 Å². The molecule has 0 N–H and O–H groups in total. The number of carbonyl (C=O) groups is 1. The predicted molar refractivity (Wildman–Crippen MR) is 108 cm³/mol. The molecule has 1 amide bonds. The number of hydrogen-bond donors (Lipinski definition) is 0. The van der Waals surface area contributed by atoms with Crippen LogP contribution in [0.5, 0.6) is 0 Å². The van der Waals surface area contributed by atoms with Crippen LogP contribution in [-0.4, -0.2) is 42.7 Å². The van der Waals surface area contributed by atoms with Crippen LogP contribution in [0.15, 0.2) is 65.6 Å². The monoisotopic (exact) mass is 398 g/mol. The van der Waals surface area contributed by atoms with Gasteiger partial charge in [0.15, 0.2) is 0 Å². The van der Waals surface area contributed by atoms with Gasteiger partial charge in [0.1, 0.15) is 0 Å². The summed E-state index contributed by atoms with van der Waals surface area (Å²) in [6.45, 7) is 1.35. The van der Waals surface area contributed by atoms with Gasteiger partial charge in [-0.1, -0.05) is 48.5 Å². The van der Waals surface area contributed by atoms with Gasteiger partial charge in [-0.05, 0) is 43.4 Å². The Morgan fingerprint density at radius 1 is 0.964 bits per heavy atom. The van der Waals surface area contributed by atoms with Crippen LogP contribution in [0.2, 0.25) is 0 Å². The van der Waals surface area contributed by atoms with Crippen molar-refractivity contribution in [2.45, 2.75) is 43.2 Å². The Hall–Kier alpha value is -2.18. The predicted octanol–water partition coefficient (Wildman–Crippen LogP) is 3.28. The first kappa shape index (κ1) is 19.2. The maximum atomic E-state index is 13.3. The smallest absolute Gasteiger partial charge is 0.243 e. The summed E-state index contributed by atoms with van der Waals surface area (Å²) in [4.78, 5) is 15.6. The van der Waals surface area contributed by atoms with Gasteiger partial charge >= 0.3 is 0 Å². The van der Waals surface area contributed by atoms with E-state index in [1.807, 2.05) is 35.2 Å². The van der Waals surface area contributed by atoms with Crippen molar-refractivity contribution < 1.29 is 13.2 Å². The molecule has 28 heavy (non-hydrogen) atoms. The summed E-state index contributed by atoms with van der Waals surface area (Å²) in [5.74, 6) is -0.170. The lowest BCUT2D eigenvalue weighted by atomic mass is 9.97. The van der Waals surface area contributed by atoms with E-state index < -0.39 is 10.0 Å². The number of sulfonamides is 1. The number of carbonyl (C=O) groups excluding carboxylic acids is 1.